The maximum atomic E-state index is 11.9. The number of carbonyl (C=O) groups is 1. The average molecular weight is 358 g/mol. The van der Waals surface area contributed by atoms with Crippen molar-refractivity contribution in [2.45, 2.75) is 13.8 Å². The summed E-state index contributed by atoms with van der Waals surface area (Å²) >= 11 is 0. The fourth-order valence-corrected chi connectivity index (χ4v) is 3.14. The molecule has 6 nitrogen and oxygen atoms in total. The molecule has 3 aromatic heterocycles. The molecule has 0 atom stereocenters. The van der Waals surface area contributed by atoms with Gasteiger partial charge in [-0.3, -0.25) is 9.78 Å². The fourth-order valence-electron chi connectivity index (χ4n) is 3.14. The van der Waals surface area contributed by atoms with Crippen LogP contribution in [-0.2, 0) is 0 Å². The molecule has 0 aliphatic heterocycles. The van der Waals surface area contributed by atoms with Gasteiger partial charge in [-0.2, -0.15) is 5.10 Å². The minimum atomic E-state index is -0.382. The lowest BCUT2D eigenvalue weighted by molar-refractivity contribution is 0.0927. The summed E-state index contributed by atoms with van der Waals surface area (Å²) in [4.78, 5) is 16.2. The summed E-state index contributed by atoms with van der Waals surface area (Å²) in [7, 11) is 0. The van der Waals surface area contributed by atoms with Crippen LogP contribution < -0.4 is 5.43 Å². The van der Waals surface area contributed by atoms with Crippen molar-refractivity contribution >= 4 is 23.0 Å². The summed E-state index contributed by atoms with van der Waals surface area (Å²) in [6.45, 7) is 4.06. The van der Waals surface area contributed by atoms with Crippen LogP contribution in [0.15, 0.2) is 70.5 Å². The first-order chi connectivity index (χ1) is 13.1. The van der Waals surface area contributed by atoms with E-state index in [-0.39, 0.29) is 11.7 Å². The van der Waals surface area contributed by atoms with Crippen LogP contribution in [0.4, 0.5) is 0 Å². The minimum absolute atomic E-state index is 0.224. The molecule has 0 fully saturated rings. The van der Waals surface area contributed by atoms with Crippen molar-refractivity contribution in [3.63, 3.8) is 0 Å². The Morgan fingerprint density at radius 3 is 2.89 bits per heavy atom. The smallest absolute Gasteiger partial charge is 0.307 e. The monoisotopic (exact) mass is 358 g/mol. The van der Waals surface area contributed by atoms with Gasteiger partial charge in [-0.1, -0.05) is 6.07 Å². The Morgan fingerprint density at radius 2 is 2.07 bits per heavy atom. The van der Waals surface area contributed by atoms with E-state index in [4.69, 9.17) is 4.42 Å². The Balaban J connectivity index is 1.61. The number of nitrogens with zero attached hydrogens (tertiary/aromatic N) is 3. The van der Waals surface area contributed by atoms with Gasteiger partial charge in [0.2, 0.25) is 0 Å². The Bertz CT molecular complexity index is 1140. The first kappa shape index (κ1) is 16.8. The van der Waals surface area contributed by atoms with Crippen molar-refractivity contribution in [2.24, 2.45) is 5.10 Å². The van der Waals surface area contributed by atoms with Crippen molar-refractivity contribution in [1.82, 2.24) is 15.0 Å². The molecule has 134 valence electrons. The van der Waals surface area contributed by atoms with E-state index in [1.807, 2.05) is 38.1 Å². The highest BCUT2D eigenvalue weighted by molar-refractivity contribution is 5.92. The van der Waals surface area contributed by atoms with Crippen LogP contribution in [0.2, 0.25) is 0 Å². The van der Waals surface area contributed by atoms with Crippen molar-refractivity contribution < 1.29 is 9.21 Å². The molecule has 0 unspecified atom stereocenters. The lowest BCUT2D eigenvalue weighted by Gasteiger charge is -2.10. The predicted molar refractivity (Wildman–Crippen MR) is 104 cm³/mol. The second-order valence-corrected chi connectivity index (χ2v) is 6.22. The molecule has 1 aromatic carbocycles. The van der Waals surface area contributed by atoms with Crippen molar-refractivity contribution in [3.05, 3.63) is 83.7 Å². The summed E-state index contributed by atoms with van der Waals surface area (Å²) in [5.41, 5.74) is 7.54. The molecule has 0 radical (unpaired) electrons. The highest BCUT2D eigenvalue weighted by Crippen LogP contribution is 2.22. The standard InChI is InChI=1S/C21H18N4O2/c1-14-11-17(13-23-24-21(26)20-6-4-10-27-20)15(2)25(14)18-7-8-19-16(12-18)5-3-9-22-19/h3-13H,1-2H3,(H,24,26)/b23-13+. The predicted octanol–water partition coefficient (Wildman–Crippen LogP) is 4.00. The number of hydrogen-bond donors (Lipinski definition) is 1. The molecule has 4 aromatic rings. The topological polar surface area (TPSA) is 72.4 Å². The fraction of sp³-hybridized carbons (Fsp3) is 0.0952. The largest absolute Gasteiger partial charge is 0.459 e. The molecule has 0 saturated carbocycles. The third kappa shape index (κ3) is 3.25. The molecule has 27 heavy (non-hydrogen) atoms. The van der Waals surface area contributed by atoms with Crippen LogP contribution in [-0.4, -0.2) is 21.7 Å². The number of furan rings is 1. The van der Waals surface area contributed by atoms with Gasteiger partial charge in [0.05, 0.1) is 18.0 Å². The number of aryl methyl sites for hydroxylation is 1. The van der Waals surface area contributed by atoms with Gasteiger partial charge in [-0.05, 0) is 56.3 Å². The molecule has 6 heteroatoms. The Hall–Kier alpha value is -3.67. The summed E-state index contributed by atoms with van der Waals surface area (Å²) in [6, 6.07) is 15.4. The van der Waals surface area contributed by atoms with Gasteiger partial charge in [0, 0.05) is 34.2 Å². The van der Waals surface area contributed by atoms with Gasteiger partial charge < -0.3 is 8.98 Å². The summed E-state index contributed by atoms with van der Waals surface area (Å²) < 4.78 is 7.20. The van der Waals surface area contributed by atoms with Crippen LogP contribution in [0.1, 0.15) is 27.5 Å². The number of carbonyl (C=O) groups excluding carboxylic acids is 1. The second-order valence-electron chi connectivity index (χ2n) is 6.22. The lowest BCUT2D eigenvalue weighted by Crippen LogP contribution is -2.16. The molecule has 3 heterocycles. The molecule has 0 aliphatic carbocycles. The number of fused-ring (bicyclic) bond motifs is 1. The Kier molecular flexibility index (Phi) is 4.30. The lowest BCUT2D eigenvalue weighted by atomic mass is 10.2. The molecular formula is C21H18N4O2. The number of hydrogen-bond acceptors (Lipinski definition) is 4. The number of hydrazone groups is 1. The maximum absolute atomic E-state index is 11.9. The van der Waals surface area contributed by atoms with Crippen LogP contribution in [0, 0.1) is 13.8 Å². The number of aromatic nitrogens is 2. The van der Waals surface area contributed by atoms with Gasteiger partial charge in [0.15, 0.2) is 5.76 Å². The van der Waals surface area contributed by atoms with Crippen molar-refractivity contribution in [3.8, 4) is 5.69 Å². The van der Waals surface area contributed by atoms with Crippen LogP contribution in [0.25, 0.3) is 16.6 Å². The molecule has 0 spiro atoms. The SMILES string of the molecule is Cc1cc(/C=N/NC(=O)c2ccco2)c(C)n1-c1ccc2ncccc2c1. The summed E-state index contributed by atoms with van der Waals surface area (Å²) in [5.74, 6) is -0.158. The van der Waals surface area contributed by atoms with Crippen molar-refractivity contribution in [2.75, 3.05) is 0 Å². The van der Waals surface area contributed by atoms with E-state index in [0.717, 1.165) is 33.5 Å². The van der Waals surface area contributed by atoms with Crippen molar-refractivity contribution in [1.29, 1.82) is 0 Å². The number of benzene rings is 1. The quantitative estimate of drug-likeness (QED) is 0.443. The first-order valence-corrected chi connectivity index (χ1v) is 8.54. The first-order valence-electron chi connectivity index (χ1n) is 8.54. The molecule has 0 saturated heterocycles. The van der Waals surface area contributed by atoms with E-state index in [2.05, 4.69) is 32.2 Å². The third-order valence-electron chi connectivity index (χ3n) is 4.43. The third-order valence-corrected chi connectivity index (χ3v) is 4.43. The van der Waals surface area contributed by atoms with E-state index in [0.29, 0.717) is 0 Å². The highest BCUT2D eigenvalue weighted by Gasteiger charge is 2.11. The summed E-state index contributed by atoms with van der Waals surface area (Å²) in [6.07, 6.45) is 4.88. The number of rotatable bonds is 4. The minimum Gasteiger partial charge on any atom is -0.459 e. The zero-order chi connectivity index (χ0) is 18.8. The molecular weight excluding hydrogens is 340 g/mol. The number of amides is 1. The van der Waals surface area contributed by atoms with Crippen LogP contribution >= 0.6 is 0 Å². The molecule has 0 bridgehead atoms. The average Bonchev–Trinajstić information content (AvgIpc) is 3.30. The molecule has 0 aliphatic rings. The summed E-state index contributed by atoms with van der Waals surface area (Å²) in [5, 5.41) is 5.14. The van der Waals surface area contributed by atoms with E-state index in [1.54, 1.807) is 24.5 Å². The molecule has 1 N–H and O–H groups in total. The van der Waals surface area contributed by atoms with Gasteiger partial charge >= 0.3 is 5.91 Å². The van der Waals surface area contributed by atoms with E-state index in [1.165, 1.54) is 6.26 Å². The van der Waals surface area contributed by atoms with Gasteiger partial charge in [0.1, 0.15) is 0 Å². The normalized spacial score (nSPS) is 11.3. The van der Waals surface area contributed by atoms with Crippen LogP contribution in [0.3, 0.4) is 0 Å². The number of nitrogens with one attached hydrogen (secondary N) is 1. The Labute approximate surface area is 156 Å². The maximum Gasteiger partial charge on any atom is 0.307 e. The molecule has 4 rings (SSSR count). The number of pyridine rings is 1. The molecule has 1 amide bonds. The van der Waals surface area contributed by atoms with Gasteiger partial charge in [-0.25, -0.2) is 5.43 Å². The van der Waals surface area contributed by atoms with Crippen LogP contribution in [0.5, 0.6) is 0 Å². The second kappa shape index (κ2) is 6.92. The Morgan fingerprint density at radius 1 is 1.19 bits per heavy atom. The van der Waals surface area contributed by atoms with E-state index in [9.17, 15) is 4.79 Å². The zero-order valence-corrected chi connectivity index (χ0v) is 15.0. The van der Waals surface area contributed by atoms with Gasteiger partial charge in [-0.15, -0.1) is 0 Å². The zero-order valence-electron chi connectivity index (χ0n) is 15.0. The van der Waals surface area contributed by atoms with Gasteiger partial charge in [0.25, 0.3) is 0 Å². The van der Waals surface area contributed by atoms with E-state index < -0.39 is 0 Å². The van der Waals surface area contributed by atoms with E-state index >= 15 is 0 Å². The highest BCUT2D eigenvalue weighted by atomic mass is 16.3.